The normalized spacial score (nSPS) is 11.5. The van der Waals surface area contributed by atoms with E-state index in [0.29, 0.717) is 6.07 Å². The summed E-state index contributed by atoms with van der Waals surface area (Å²) in [4.78, 5) is 3.47. The van der Waals surface area contributed by atoms with Crippen molar-refractivity contribution in [2.24, 2.45) is 0 Å². The molecular formula is C7H4F4INO. The molecule has 0 unspecified atom stereocenters. The molecule has 0 saturated heterocycles. The van der Waals surface area contributed by atoms with E-state index in [1.165, 1.54) is 22.6 Å². The molecule has 0 aliphatic heterocycles. The van der Waals surface area contributed by atoms with Crippen LogP contribution in [0.2, 0.25) is 0 Å². The molecular weight excluding hydrogens is 317 g/mol. The topological polar surface area (TPSA) is 22.1 Å². The SMILES string of the molecule is FCOc1cc(C(F)(F)F)c(I)cn1. The molecule has 0 saturated carbocycles. The highest BCUT2D eigenvalue weighted by atomic mass is 127. The first-order valence-corrected chi connectivity index (χ1v) is 4.44. The van der Waals surface area contributed by atoms with Crippen LogP contribution in [-0.2, 0) is 6.18 Å². The smallest absolute Gasteiger partial charge is 0.417 e. The molecule has 7 heteroatoms. The quantitative estimate of drug-likeness (QED) is 0.617. The van der Waals surface area contributed by atoms with Gasteiger partial charge in [-0.1, -0.05) is 0 Å². The molecule has 1 aromatic rings. The van der Waals surface area contributed by atoms with Gasteiger partial charge in [-0.25, -0.2) is 9.37 Å². The second kappa shape index (κ2) is 4.28. The van der Waals surface area contributed by atoms with Crippen molar-refractivity contribution >= 4 is 22.6 Å². The Morgan fingerprint density at radius 3 is 2.57 bits per heavy atom. The van der Waals surface area contributed by atoms with Crippen LogP contribution in [0.3, 0.4) is 0 Å². The summed E-state index contributed by atoms with van der Waals surface area (Å²) in [5, 5.41) is 0. The summed E-state index contributed by atoms with van der Waals surface area (Å²) >= 11 is 1.50. The number of alkyl halides is 4. The highest BCUT2D eigenvalue weighted by molar-refractivity contribution is 14.1. The van der Waals surface area contributed by atoms with Crippen molar-refractivity contribution in [2.45, 2.75) is 6.18 Å². The second-order valence-corrected chi connectivity index (χ2v) is 3.42. The first-order valence-electron chi connectivity index (χ1n) is 3.36. The number of halogens is 5. The van der Waals surface area contributed by atoms with E-state index in [9.17, 15) is 17.6 Å². The van der Waals surface area contributed by atoms with Crippen LogP contribution in [0.5, 0.6) is 5.88 Å². The van der Waals surface area contributed by atoms with Crippen LogP contribution in [0.4, 0.5) is 17.6 Å². The standard InChI is InChI=1S/C7H4F4INO/c8-3-14-6-1-4(7(9,10)11)5(12)2-13-6/h1-2H,3H2. The minimum absolute atomic E-state index is 0.0543. The van der Waals surface area contributed by atoms with Crippen LogP contribution in [0.1, 0.15) is 5.56 Å². The van der Waals surface area contributed by atoms with E-state index in [1.807, 2.05) is 0 Å². The third kappa shape index (κ3) is 2.69. The molecule has 0 spiro atoms. The van der Waals surface area contributed by atoms with Crippen LogP contribution in [0.15, 0.2) is 12.3 Å². The molecule has 0 fully saturated rings. The molecule has 1 heterocycles. The Kier molecular flexibility index (Phi) is 3.51. The van der Waals surface area contributed by atoms with E-state index in [0.717, 1.165) is 6.20 Å². The average molecular weight is 321 g/mol. The predicted molar refractivity (Wildman–Crippen MR) is 48.6 cm³/mol. The highest BCUT2D eigenvalue weighted by Gasteiger charge is 2.33. The number of hydrogen-bond acceptors (Lipinski definition) is 2. The Balaban J connectivity index is 3.09. The molecule has 14 heavy (non-hydrogen) atoms. The fourth-order valence-corrected chi connectivity index (χ4v) is 1.37. The Bertz CT molecular complexity index is 328. The average Bonchev–Trinajstić information content (AvgIpc) is 2.07. The molecule has 0 aromatic carbocycles. The molecule has 2 nitrogen and oxygen atoms in total. The van der Waals surface area contributed by atoms with Crippen LogP contribution in [0, 0.1) is 3.57 Å². The summed E-state index contributed by atoms with van der Waals surface area (Å²) in [6, 6.07) is 0.668. The maximum Gasteiger partial charge on any atom is 0.417 e. The predicted octanol–water partition coefficient (Wildman–Crippen LogP) is 3.01. The fourth-order valence-electron chi connectivity index (χ4n) is 0.772. The number of hydrogen-bond donors (Lipinski definition) is 0. The molecule has 0 bridgehead atoms. The minimum atomic E-state index is -4.48. The van der Waals surface area contributed by atoms with Gasteiger partial charge in [-0.05, 0) is 22.6 Å². The lowest BCUT2D eigenvalue weighted by Crippen LogP contribution is -2.08. The van der Waals surface area contributed by atoms with Gasteiger partial charge in [0.15, 0.2) is 0 Å². The molecule has 0 radical (unpaired) electrons. The van der Waals surface area contributed by atoms with Gasteiger partial charge in [0.1, 0.15) is 0 Å². The molecule has 1 rings (SSSR count). The van der Waals surface area contributed by atoms with E-state index < -0.39 is 18.6 Å². The van der Waals surface area contributed by atoms with Crippen molar-refractivity contribution in [2.75, 3.05) is 6.86 Å². The number of ether oxygens (including phenoxy) is 1. The van der Waals surface area contributed by atoms with Gasteiger partial charge in [0, 0.05) is 15.8 Å². The van der Waals surface area contributed by atoms with Crippen molar-refractivity contribution in [1.29, 1.82) is 0 Å². The van der Waals surface area contributed by atoms with Crippen molar-refractivity contribution in [1.82, 2.24) is 4.98 Å². The lowest BCUT2D eigenvalue weighted by molar-refractivity contribution is -0.138. The molecule has 0 amide bonds. The monoisotopic (exact) mass is 321 g/mol. The van der Waals surface area contributed by atoms with E-state index in [2.05, 4.69) is 9.72 Å². The lowest BCUT2D eigenvalue weighted by Gasteiger charge is -2.09. The van der Waals surface area contributed by atoms with Crippen molar-refractivity contribution in [3.05, 3.63) is 21.4 Å². The Labute approximate surface area is 90.4 Å². The summed E-state index contributed by atoms with van der Waals surface area (Å²) in [6.45, 7) is -1.20. The molecule has 0 atom stereocenters. The number of rotatable bonds is 2. The third-order valence-electron chi connectivity index (χ3n) is 1.34. The maximum atomic E-state index is 12.3. The first-order chi connectivity index (χ1) is 6.45. The number of pyridine rings is 1. The first kappa shape index (κ1) is 11.5. The third-order valence-corrected chi connectivity index (χ3v) is 2.20. The Hall–Kier alpha value is -0.600. The van der Waals surface area contributed by atoms with E-state index in [4.69, 9.17) is 0 Å². The van der Waals surface area contributed by atoms with Crippen molar-refractivity contribution in [3.8, 4) is 5.88 Å². The highest BCUT2D eigenvalue weighted by Crippen LogP contribution is 2.33. The van der Waals surface area contributed by atoms with Gasteiger partial charge < -0.3 is 4.74 Å². The fraction of sp³-hybridized carbons (Fsp3) is 0.286. The molecule has 0 N–H and O–H groups in total. The lowest BCUT2D eigenvalue weighted by atomic mass is 10.2. The summed E-state index contributed by atoms with van der Waals surface area (Å²) in [7, 11) is 0. The van der Waals surface area contributed by atoms with Gasteiger partial charge in [0.2, 0.25) is 12.7 Å². The Morgan fingerprint density at radius 2 is 2.07 bits per heavy atom. The van der Waals surface area contributed by atoms with Crippen LogP contribution < -0.4 is 4.74 Å². The summed E-state index contributed by atoms with van der Waals surface area (Å²) in [5.41, 5.74) is -0.878. The van der Waals surface area contributed by atoms with Gasteiger partial charge in [0.05, 0.1) is 5.56 Å². The summed E-state index contributed by atoms with van der Waals surface area (Å²) < 4.78 is 52.7. The Morgan fingerprint density at radius 1 is 1.43 bits per heavy atom. The van der Waals surface area contributed by atoms with Gasteiger partial charge >= 0.3 is 6.18 Å². The van der Waals surface area contributed by atoms with Crippen molar-refractivity contribution in [3.63, 3.8) is 0 Å². The zero-order valence-corrected chi connectivity index (χ0v) is 8.76. The second-order valence-electron chi connectivity index (χ2n) is 2.25. The molecule has 0 aliphatic carbocycles. The number of nitrogens with zero attached hydrogens (tertiary/aromatic N) is 1. The van der Waals surface area contributed by atoms with Gasteiger partial charge in [-0.3, -0.25) is 0 Å². The summed E-state index contributed by atoms with van der Waals surface area (Å²) in [6.07, 6.45) is -3.50. The number of aromatic nitrogens is 1. The van der Waals surface area contributed by atoms with Crippen LogP contribution >= 0.6 is 22.6 Å². The van der Waals surface area contributed by atoms with Crippen molar-refractivity contribution < 1.29 is 22.3 Å². The molecule has 78 valence electrons. The van der Waals surface area contributed by atoms with Gasteiger partial charge in [-0.2, -0.15) is 13.2 Å². The maximum absolute atomic E-state index is 12.3. The molecule has 1 aromatic heterocycles. The zero-order chi connectivity index (χ0) is 10.8. The van der Waals surface area contributed by atoms with E-state index >= 15 is 0 Å². The summed E-state index contributed by atoms with van der Waals surface area (Å²) in [5.74, 6) is -0.375. The zero-order valence-electron chi connectivity index (χ0n) is 6.61. The van der Waals surface area contributed by atoms with E-state index in [1.54, 1.807) is 0 Å². The van der Waals surface area contributed by atoms with Crippen LogP contribution in [0.25, 0.3) is 0 Å². The van der Waals surface area contributed by atoms with Gasteiger partial charge in [0.25, 0.3) is 0 Å². The van der Waals surface area contributed by atoms with E-state index in [-0.39, 0.29) is 9.45 Å². The van der Waals surface area contributed by atoms with Gasteiger partial charge in [-0.15, -0.1) is 0 Å². The largest absolute Gasteiger partial charge is 0.446 e. The van der Waals surface area contributed by atoms with Crippen LogP contribution in [-0.4, -0.2) is 11.8 Å². The minimum Gasteiger partial charge on any atom is -0.446 e. The molecule has 0 aliphatic rings.